The first-order valence-electron chi connectivity index (χ1n) is 12.1. The number of fused-ring (bicyclic) bond motifs is 1. The van der Waals surface area contributed by atoms with Crippen molar-refractivity contribution in [2.75, 3.05) is 6.26 Å². The van der Waals surface area contributed by atoms with Gasteiger partial charge in [0.15, 0.2) is 0 Å². The van der Waals surface area contributed by atoms with Gasteiger partial charge in [-0.3, -0.25) is 4.18 Å². The third kappa shape index (κ3) is 7.73. The summed E-state index contributed by atoms with van der Waals surface area (Å²) in [4.78, 5) is 4.68. The average molecular weight is 536 g/mol. The van der Waals surface area contributed by atoms with Crippen molar-refractivity contribution in [3.8, 4) is 0 Å². The fourth-order valence-corrected chi connectivity index (χ4v) is 5.26. The lowest BCUT2D eigenvalue weighted by molar-refractivity contribution is 0.167. The van der Waals surface area contributed by atoms with Gasteiger partial charge in [-0.2, -0.15) is 8.42 Å². The number of aryl methyl sites for hydroxylation is 1. The molecule has 7 heteroatoms. The van der Waals surface area contributed by atoms with Crippen LogP contribution < -0.4 is 0 Å². The lowest BCUT2D eigenvalue weighted by atomic mass is 9.94. The second kappa shape index (κ2) is 12.0. The van der Waals surface area contributed by atoms with Crippen molar-refractivity contribution in [3.63, 3.8) is 0 Å². The first-order valence-corrected chi connectivity index (χ1v) is 14.3. The molecule has 0 aliphatic carbocycles. The van der Waals surface area contributed by atoms with Crippen LogP contribution in [-0.4, -0.2) is 30.9 Å². The lowest BCUT2D eigenvalue weighted by Crippen LogP contribution is -2.17. The quantitative estimate of drug-likeness (QED) is 0.231. The number of hydrogen-bond acceptors (Lipinski definition) is 5. The van der Waals surface area contributed by atoms with Gasteiger partial charge in [0.1, 0.15) is 0 Å². The summed E-state index contributed by atoms with van der Waals surface area (Å²) in [6.07, 6.45) is 5.48. The van der Waals surface area contributed by atoms with Gasteiger partial charge in [-0.15, -0.1) is 0 Å². The molecule has 192 valence electrons. The van der Waals surface area contributed by atoms with Crippen LogP contribution in [0.5, 0.6) is 0 Å². The van der Waals surface area contributed by atoms with Crippen LogP contribution in [-0.2, 0) is 27.1 Å². The zero-order chi connectivity index (χ0) is 26.4. The predicted molar refractivity (Wildman–Crippen MR) is 151 cm³/mol. The average Bonchev–Trinajstić information content (AvgIpc) is 2.85. The van der Waals surface area contributed by atoms with Gasteiger partial charge < -0.3 is 5.11 Å². The van der Waals surface area contributed by atoms with E-state index in [1.165, 1.54) is 0 Å². The molecule has 0 radical (unpaired) electrons. The standard InChI is InChI=1S/C30H30ClNO4S/c1-21(36-37(2,34)35)19-25-9-4-3-7-22(25)14-18-30(33)28-10-6-5-8-23(28)12-16-27-17-13-24-11-15-26(31)20-29(24)32-27/h3-13,15-17,20-21,30,33H,14,18-19H2,1-2H3/t21?,30-/m0/s1. The highest BCUT2D eigenvalue weighted by molar-refractivity contribution is 7.86. The van der Waals surface area contributed by atoms with Crippen LogP contribution in [0.1, 0.15) is 47.4 Å². The zero-order valence-corrected chi connectivity index (χ0v) is 22.4. The normalized spacial score (nSPS) is 13.7. The van der Waals surface area contributed by atoms with Crippen LogP contribution in [0.25, 0.3) is 23.1 Å². The molecule has 0 saturated heterocycles. The number of halogens is 1. The number of aliphatic hydroxyl groups excluding tert-OH is 1. The maximum Gasteiger partial charge on any atom is 0.264 e. The molecule has 0 spiro atoms. The molecule has 0 saturated carbocycles. The Kier molecular flexibility index (Phi) is 8.77. The topological polar surface area (TPSA) is 76.5 Å². The number of hydrogen-bond donors (Lipinski definition) is 1. The Hall–Kier alpha value is -3.03. The number of rotatable bonds is 10. The van der Waals surface area contributed by atoms with Gasteiger partial charge in [0.25, 0.3) is 10.1 Å². The number of aromatic nitrogens is 1. The molecule has 0 fully saturated rings. The minimum atomic E-state index is -3.52. The molecule has 2 atom stereocenters. The van der Waals surface area contributed by atoms with E-state index < -0.39 is 22.3 Å². The Balaban J connectivity index is 1.47. The first kappa shape index (κ1) is 27.0. The Bertz CT molecular complexity index is 1520. The molecule has 1 heterocycles. The van der Waals surface area contributed by atoms with E-state index in [4.69, 9.17) is 15.8 Å². The van der Waals surface area contributed by atoms with Crippen LogP contribution in [0.2, 0.25) is 5.02 Å². The maximum absolute atomic E-state index is 11.5. The highest BCUT2D eigenvalue weighted by Gasteiger charge is 2.15. The summed E-state index contributed by atoms with van der Waals surface area (Å²) < 4.78 is 28.0. The number of nitrogens with zero attached hydrogens (tertiary/aromatic N) is 1. The molecule has 0 bridgehead atoms. The molecule has 3 aromatic carbocycles. The van der Waals surface area contributed by atoms with Gasteiger partial charge >= 0.3 is 0 Å². The van der Waals surface area contributed by atoms with Crippen molar-refractivity contribution in [1.82, 2.24) is 4.98 Å². The fourth-order valence-electron chi connectivity index (χ4n) is 4.43. The van der Waals surface area contributed by atoms with Gasteiger partial charge in [0, 0.05) is 16.8 Å². The Morgan fingerprint density at radius 1 is 0.973 bits per heavy atom. The molecule has 0 amide bonds. The monoisotopic (exact) mass is 535 g/mol. The molecule has 1 N–H and O–H groups in total. The van der Waals surface area contributed by atoms with Crippen molar-refractivity contribution in [2.45, 2.75) is 38.4 Å². The summed E-state index contributed by atoms with van der Waals surface area (Å²) in [5.74, 6) is 0. The van der Waals surface area contributed by atoms with E-state index in [1.807, 2.05) is 91.0 Å². The largest absolute Gasteiger partial charge is 0.388 e. The molecule has 4 rings (SSSR count). The van der Waals surface area contributed by atoms with E-state index in [1.54, 1.807) is 6.92 Å². The third-order valence-electron chi connectivity index (χ3n) is 6.12. The van der Waals surface area contributed by atoms with Gasteiger partial charge in [0.2, 0.25) is 0 Å². The van der Waals surface area contributed by atoms with Crippen molar-refractivity contribution in [3.05, 3.63) is 112 Å². The van der Waals surface area contributed by atoms with Crippen LogP contribution >= 0.6 is 11.6 Å². The molecule has 0 aliphatic heterocycles. The van der Waals surface area contributed by atoms with Crippen LogP contribution in [0.15, 0.2) is 78.9 Å². The van der Waals surface area contributed by atoms with E-state index in [-0.39, 0.29) is 0 Å². The molecule has 1 aromatic heterocycles. The Morgan fingerprint density at radius 3 is 2.46 bits per heavy atom. The summed E-state index contributed by atoms with van der Waals surface area (Å²) in [6.45, 7) is 1.74. The lowest BCUT2D eigenvalue weighted by Gasteiger charge is -2.17. The molecule has 1 unspecified atom stereocenters. The van der Waals surface area contributed by atoms with Gasteiger partial charge in [-0.1, -0.05) is 78.3 Å². The first-order chi connectivity index (χ1) is 17.7. The van der Waals surface area contributed by atoms with E-state index in [9.17, 15) is 13.5 Å². The van der Waals surface area contributed by atoms with Gasteiger partial charge in [-0.05, 0) is 66.3 Å². The molecule has 0 aliphatic rings. The van der Waals surface area contributed by atoms with E-state index >= 15 is 0 Å². The summed E-state index contributed by atoms with van der Waals surface area (Å²) in [5.41, 5.74) is 5.48. The highest BCUT2D eigenvalue weighted by Crippen LogP contribution is 2.26. The number of pyridine rings is 1. The summed E-state index contributed by atoms with van der Waals surface area (Å²) in [7, 11) is -3.52. The van der Waals surface area contributed by atoms with E-state index in [0.29, 0.717) is 24.3 Å². The summed E-state index contributed by atoms with van der Waals surface area (Å²) in [5, 5.41) is 12.8. The van der Waals surface area contributed by atoms with Crippen molar-refractivity contribution >= 4 is 44.8 Å². The van der Waals surface area contributed by atoms with E-state index in [0.717, 1.165) is 45.1 Å². The predicted octanol–water partition coefficient (Wildman–Crippen LogP) is 6.63. The highest BCUT2D eigenvalue weighted by atomic mass is 35.5. The van der Waals surface area contributed by atoms with Crippen molar-refractivity contribution in [1.29, 1.82) is 0 Å². The van der Waals surface area contributed by atoms with Crippen LogP contribution in [0, 0.1) is 0 Å². The molecular weight excluding hydrogens is 506 g/mol. The second-order valence-corrected chi connectivity index (χ2v) is 11.2. The minimum Gasteiger partial charge on any atom is -0.388 e. The van der Waals surface area contributed by atoms with E-state index in [2.05, 4.69) is 4.98 Å². The second-order valence-electron chi connectivity index (χ2n) is 9.17. The molecular formula is C30H30ClNO4S. The summed E-state index contributed by atoms with van der Waals surface area (Å²) >= 11 is 6.12. The molecule has 5 nitrogen and oxygen atoms in total. The maximum atomic E-state index is 11.5. The molecule has 37 heavy (non-hydrogen) atoms. The Labute approximate surface area is 223 Å². The summed E-state index contributed by atoms with van der Waals surface area (Å²) in [6, 6.07) is 25.3. The van der Waals surface area contributed by atoms with Crippen LogP contribution in [0.4, 0.5) is 0 Å². The van der Waals surface area contributed by atoms with Gasteiger partial charge in [0.05, 0.1) is 29.7 Å². The molecule has 4 aromatic rings. The van der Waals surface area contributed by atoms with Crippen molar-refractivity contribution < 1.29 is 17.7 Å². The smallest absolute Gasteiger partial charge is 0.264 e. The van der Waals surface area contributed by atoms with Crippen LogP contribution in [0.3, 0.4) is 0 Å². The number of aliphatic hydroxyl groups is 1. The number of benzene rings is 3. The van der Waals surface area contributed by atoms with Gasteiger partial charge in [-0.25, -0.2) is 4.98 Å². The third-order valence-corrected chi connectivity index (χ3v) is 7.03. The Morgan fingerprint density at radius 2 is 1.68 bits per heavy atom. The minimum absolute atomic E-state index is 0.466. The SMILES string of the molecule is CC(Cc1ccccc1CC[C@H](O)c1ccccc1C=Cc1ccc2ccc(Cl)cc2n1)OS(C)(=O)=O. The fraction of sp³-hybridized carbons (Fsp3) is 0.233. The van der Waals surface area contributed by atoms with Crippen molar-refractivity contribution in [2.24, 2.45) is 0 Å². The zero-order valence-electron chi connectivity index (χ0n) is 20.8.